The highest BCUT2D eigenvalue weighted by molar-refractivity contribution is 7.22. The molecule has 3 rings (SSSR count). The molecule has 0 radical (unpaired) electrons. The van der Waals surface area contributed by atoms with Gasteiger partial charge in [0.25, 0.3) is 0 Å². The number of hydrogen-bond acceptors (Lipinski definition) is 5. The van der Waals surface area contributed by atoms with E-state index >= 15 is 0 Å². The maximum absolute atomic E-state index is 5.58. The first-order valence-electron chi connectivity index (χ1n) is 7.90. The van der Waals surface area contributed by atoms with Crippen molar-refractivity contribution in [1.29, 1.82) is 0 Å². The molecule has 21 heavy (non-hydrogen) atoms. The van der Waals surface area contributed by atoms with Crippen LogP contribution in [0.25, 0.3) is 10.2 Å². The van der Waals surface area contributed by atoms with Crippen molar-refractivity contribution in [3.05, 3.63) is 24.3 Å². The number of aromatic nitrogens is 1. The van der Waals surface area contributed by atoms with Crippen molar-refractivity contribution in [2.45, 2.75) is 19.3 Å². The molecule has 114 valence electrons. The van der Waals surface area contributed by atoms with Crippen molar-refractivity contribution in [2.24, 2.45) is 5.73 Å². The number of anilines is 1. The van der Waals surface area contributed by atoms with E-state index in [2.05, 4.69) is 34.1 Å². The van der Waals surface area contributed by atoms with Gasteiger partial charge >= 0.3 is 0 Å². The maximum atomic E-state index is 5.58. The van der Waals surface area contributed by atoms with Crippen LogP contribution in [0.5, 0.6) is 0 Å². The predicted molar refractivity (Wildman–Crippen MR) is 91.2 cm³/mol. The second-order valence-electron chi connectivity index (χ2n) is 5.64. The summed E-state index contributed by atoms with van der Waals surface area (Å²) >= 11 is 1.82. The lowest BCUT2D eigenvalue weighted by atomic mass is 10.3. The summed E-state index contributed by atoms with van der Waals surface area (Å²) in [6, 6.07) is 8.42. The molecule has 0 saturated carbocycles. The molecule has 0 aliphatic carbocycles. The molecule has 5 heteroatoms. The molecule has 1 aromatic carbocycles. The lowest BCUT2D eigenvalue weighted by molar-refractivity contribution is 0.288. The molecule has 0 bridgehead atoms. The number of unbranched alkanes of at least 4 members (excludes halogenated alkanes) is 1. The van der Waals surface area contributed by atoms with Crippen LogP contribution in [0.15, 0.2) is 24.3 Å². The fraction of sp³-hybridized carbons (Fsp3) is 0.562. The van der Waals surface area contributed by atoms with E-state index in [4.69, 9.17) is 10.7 Å². The molecule has 4 nitrogen and oxygen atoms in total. The summed E-state index contributed by atoms with van der Waals surface area (Å²) in [5.74, 6) is 0. The van der Waals surface area contributed by atoms with Gasteiger partial charge in [0.15, 0.2) is 5.13 Å². The van der Waals surface area contributed by atoms with Crippen molar-refractivity contribution < 1.29 is 0 Å². The Kier molecular flexibility index (Phi) is 5.06. The van der Waals surface area contributed by atoms with Gasteiger partial charge < -0.3 is 15.5 Å². The molecule has 2 N–H and O–H groups in total. The van der Waals surface area contributed by atoms with Crippen molar-refractivity contribution in [2.75, 3.05) is 44.2 Å². The van der Waals surface area contributed by atoms with E-state index in [1.807, 2.05) is 11.3 Å². The fourth-order valence-corrected chi connectivity index (χ4v) is 3.88. The van der Waals surface area contributed by atoms with Gasteiger partial charge in [-0.3, -0.25) is 0 Å². The maximum Gasteiger partial charge on any atom is 0.186 e. The molecule has 1 aromatic heterocycles. The number of hydrogen-bond donors (Lipinski definition) is 1. The van der Waals surface area contributed by atoms with Crippen LogP contribution in [0.1, 0.15) is 19.3 Å². The highest BCUT2D eigenvalue weighted by Crippen LogP contribution is 2.29. The van der Waals surface area contributed by atoms with Crippen LogP contribution in [0.4, 0.5) is 5.13 Å². The van der Waals surface area contributed by atoms with Gasteiger partial charge in [0.1, 0.15) is 0 Å². The fourth-order valence-electron chi connectivity index (χ4n) is 2.86. The summed E-state index contributed by atoms with van der Waals surface area (Å²) < 4.78 is 1.29. The summed E-state index contributed by atoms with van der Waals surface area (Å²) in [4.78, 5) is 9.81. The minimum Gasteiger partial charge on any atom is -0.347 e. The van der Waals surface area contributed by atoms with Crippen molar-refractivity contribution in [3.63, 3.8) is 0 Å². The SMILES string of the molecule is NCCCCN1CCCN(c2nc3ccccc3s2)CC1. The molecule has 0 atom stereocenters. The lowest BCUT2D eigenvalue weighted by Crippen LogP contribution is -2.31. The Bertz CT molecular complexity index is 535. The molecule has 2 heterocycles. The molecule has 1 fully saturated rings. The number of nitrogens with zero attached hydrogens (tertiary/aromatic N) is 3. The van der Waals surface area contributed by atoms with Gasteiger partial charge in [0.2, 0.25) is 0 Å². The zero-order valence-electron chi connectivity index (χ0n) is 12.5. The Balaban J connectivity index is 1.61. The standard InChI is InChI=1S/C16H24N4S/c17-8-3-4-9-19-10-5-11-20(13-12-19)16-18-14-6-1-2-7-15(14)21-16/h1-2,6-7H,3-5,8-13,17H2. The largest absolute Gasteiger partial charge is 0.347 e. The molecule has 1 saturated heterocycles. The number of fused-ring (bicyclic) bond motifs is 1. The Morgan fingerprint density at radius 3 is 2.86 bits per heavy atom. The first-order chi connectivity index (χ1) is 10.4. The van der Waals surface area contributed by atoms with Gasteiger partial charge in [-0.1, -0.05) is 23.5 Å². The van der Waals surface area contributed by atoms with Crippen LogP contribution < -0.4 is 10.6 Å². The number of rotatable bonds is 5. The summed E-state index contributed by atoms with van der Waals surface area (Å²) in [7, 11) is 0. The second kappa shape index (κ2) is 7.20. The van der Waals surface area contributed by atoms with E-state index in [1.54, 1.807) is 0 Å². The summed E-state index contributed by atoms with van der Waals surface area (Å²) in [6.45, 7) is 6.54. The number of thiazole rings is 1. The summed E-state index contributed by atoms with van der Waals surface area (Å²) in [5, 5.41) is 1.18. The molecular weight excluding hydrogens is 280 g/mol. The van der Waals surface area contributed by atoms with Crippen LogP contribution in [-0.4, -0.2) is 49.2 Å². The van der Waals surface area contributed by atoms with Gasteiger partial charge in [-0.05, 0) is 51.0 Å². The third-order valence-electron chi connectivity index (χ3n) is 4.07. The van der Waals surface area contributed by atoms with Gasteiger partial charge in [0, 0.05) is 19.6 Å². The average Bonchev–Trinajstić information content (AvgIpc) is 2.80. The molecular formula is C16H24N4S. The zero-order chi connectivity index (χ0) is 14.5. The molecule has 2 aromatic rings. The van der Waals surface area contributed by atoms with E-state index in [0.29, 0.717) is 0 Å². The van der Waals surface area contributed by atoms with Crippen molar-refractivity contribution in [1.82, 2.24) is 9.88 Å². The Morgan fingerprint density at radius 1 is 1.10 bits per heavy atom. The van der Waals surface area contributed by atoms with Gasteiger partial charge in [0.05, 0.1) is 10.2 Å². The molecule has 1 aliphatic heterocycles. The van der Waals surface area contributed by atoms with Crippen LogP contribution in [0.2, 0.25) is 0 Å². The molecule has 0 spiro atoms. The smallest absolute Gasteiger partial charge is 0.186 e. The first kappa shape index (κ1) is 14.8. The quantitative estimate of drug-likeness (QED) is 0.862. The van der Waals surface area contributed by atoms with Gasteiger partial charge in [-0.25, -0.2) is 4.98 Å². The van der Waals surface area contributed by atoms with E-state index in [-0.39, 0.29) is 0 Å². The first-order valence-corrected chi connectivity index (χ1v) is 8.71. The Morgan fingerprint density at radius 2 is 2.00 bits per heavy atom. The minimum absolute atomic E-state index is 0.811. The third-order valence-corrected chi connectivity index (χ3v) is 5.17. The topological polar surface area (TPSA) is 45.4 Å². The van der Waals surface area contributed by atoms with Crippen LogP contribution in [0, 0.1) is 0 Å². The van der Waals surface area contributed by atoms with Crippen molar-refractivity contribution >= 4 is 26.7 Å². The van der Waals surface area contributed by atoms with Gasteiger partial charge in [-0.2, -0.15) is 0 Å². The van der Waals surface area contributed by atoms with E-state index < -0.39 is 0 Å². The van der Waals surface area contributed by atoms with Crippen LogP contribution in [0.3, 0.4) is 0 Å². The molecule has 1 aliphatic rings. The number of benzene rings is 1. The predicted octanol–water partition coefficient (Wildman–Crippen LogP) is 2.55. The summed E-state index contributed by atoms with van der Waals surface area (Å²) in [6.07, 6.45) is 3.58. The molecule has 0 amide bonds. The van der Waals surface area contributed by atoms with Gasteiger partial charge in [-0.15, -0.1) is 0 Å². The third kappa shape index (κ3) is 3.73. The zero-order valence-corrected chi connectivity index (χ0v) is 13.3. The van der Waals surface area contributed by atoms with E-state index in [0.717, 1.165) is 38.1 Å². The van der Waals surface area contributed by atoms with Crippen LogP contribution in [-0.2, 0) is 0 Å². The summed E-state index contributed by atoms with van der Waals surface area (Å²) in [5.41, 5.74) is 6.70. The van der Waals surface area contributed by atoms with Crippen molar-refractivity contribution in [3.8, 4) is 0 Å². The minimum atomic E-state index is 0.811. The molecule has 0 unspecified atom stereocenters. The lowest BCUT2D eigenvalue weighted by Gasteiger charge is -2.21. The van der Waals surface area contributed by atoms with E-state index in [1.165, 1.54) is 35.8 Å². The Labute approximate surface area is 130 Å². The highest BCUT2D eigenvalue weighted by atomic mass is 32.1. The highest BCUT2D eigenvalue weighted by Gasteiger charge is 2.17. The Hall–Kier alpha value is -1.17. The monoisotopic (exact) mass is 304 g/mol. The normalized spacial score (nSPS) is 17.3. The number of nitrogens with two attached hydrogens (primary N) is 1. The number of para-hydroxylation sites is 1. The average molecular weight is 304 g/mol. The van der Waals surface area contributed by atoms with Crippen LogP contribution >= 0.6 is 11.3 Å². The van der Waals surface area contributed by atoms with E-state index in [9.17, 15) is 0 Å². The second-order valence-corrected chi connectivity index (χ2v) is 6.65.